The molecular weight excluding hydrogens is 731 g/mol. The van der Waals surface area contributed by atoms with Gasteiger partial charge >= 0.3 is 0 Å². The second-order valence-corrected chi connectivity index (χ2v) is 16.6. The quantitative estimate of drug-likeness (QED) is 0.154. The first-order valence-electron chi connectivity index (χ1n) is 21.9. The Bertz CT molecular complexity index is 3130. The molecule has 0 aliphatic heterocycles. The van der Waals surface area contributed by atoms with Crippen molar-refractivity contribution in [2.24, 2.45) is 0 Å². The van der Waals surface area contributed by atoms with Gasteiger partial charge in [0.15, 0.2) is 0 Å². The number of nitrogens with zero attached hydrogens (tertiary/aromatic N) is 3. The Hall–Kier alpha value is -7.04. The minimum Gasteiger partial charge on any atom is -0.496 e. The van der Waals surface area contributed by atoms with Crippen LogP contribution in [-0.2, 0) is 5.41 Å². The molecule has 0 aliphatic carbocycles. The Labute approximate surface area is 358 Å². The largest absolute Gasteiger partial charge is 0.496 e. The van der Waals surface area contributed by atoms with Crippen molar-refractivity contribution < 1.29 is 8.85 Å². The van der Waals surface area contributed by atoms with Crippen molar-refractivity contribution in [2.45, 2.75) is 46.9 Å². The number of ether oxygens (including phenoxy) is 1. The standard InChI is InChI=1S/C56H49N3O/c1-36-21-26-51(48(30-36)41-22-24-46(25-23-41)56(4,5)6)59-52-20-14-19-47(53(52)58-55(59)49-31-37(2)29-38(3)54(49)60-7)44-32-43(40-17-12-9-13-18-40)33-45(34-44)50-35-42(27-28-57-50)39-15-10-8-11-16-39/h8-35H,1-7H3/i1D3. The molecule has 0 spiro atoms. The number of aryl methyl sites for hydroxylation is 3. The Kier molecular flexibility index (Phi) is 9.10. The lowest BCUT2D eigenvalue weighted by atomic mass is 9.86. The first-order chi connectivity index (χ1) is 30.3. The summed E-state index contributed by atoms with van der Waals surface area (Å²) < 4.78 is 33.6. The summed E-state index contributed by atoms with van der Waals surface area (Å²) in [5, 5.41) is 0. The van der Waals surface area contributed by atoms with Gasteiger partial charge in [0.25, 0.3) is 0 Å². The minimum absolute atomic E-state index is 0.0515. The average Bonchev–Trinajstić information content (AvgIpc) is 3.68. The van der Waals surface area contributed by atoms with Gasteiger partial charge in [-0.1, -0.05) is 136 Å². The Morgan fingerprint density at radius 3 is 1.93 bits per heavy atom. The SMILES string of the molecule is [2H]C([2H])([2H])c1ccc(-n2c(-c3cc(C)cc(C)c3OC)nc3c(-c4cc(-c5ccccc5)cc(-c5cc(-c6ccccc6)ccn5)c4)cccc32)c(-c2ccc(C(C)(C)C)cc2)c1. The number of benzene rings is 7. The number of rotatable bonds is 8. The van der Waals surface area contributed by atoms with Crippen molar-refractivity contribution >= 4 is 11.0 Å². The molecule has 0 bridgehead atoms. The topological polar surface area (TPSA) is 39.9 Å². The van der Waals surface area contributed by atoms with E-state index in [1.165, 1.54) is 5.56 Å². The first-order valence-corrected chi connectivity index (χ1v) is 20.4. The van der Waals surface area contributed by atoms with Crippen LogP contribution < -0.4 is 4.74 Å². The van der Waals surface area contributed by atoms with E-state index < -0.39 is 6.85 Å². The van der Waals surface area contributed by atoms with E-state index in [-0.39, 0.29) is 11.0 Å². The maximum atomic E-state index is 8.43. The number of para-hydroxylation sites is 1. The molecule has 0 unspecified atom stereocenters. The van der Waals surface area contributed by atoms with Crippen LogP contribution in [0, 0.1) is 20.7 Å². The number of hydrogen-bond acceptors (Lipinski definition) is 3. The number of aromatic nitrogens is 3. The van der Waals surface area contributed by atoms with Gasteiger partial charge in [-0.3, -0.25) is 9.55 Å². The summed E-state index contributed by atoms with van der Waals surface area (Å²) in [6.07, 6.45) is 1.88. The zero-order chi connectivity index (χ0) is 44.0. The average molecular weight is 783 g/mol. The third-order valence-corrected chi connectivity index (χ3v) is 11.4. The lowest BCUT2D eigenvalue weighted by Crippen LogP contribution is -2.10. The van der Waals surface area contributed by atoms with Gasteiger partial charge in [0.2, 0.25) is 0 Å². The van der Waals surface area contributed by atoms with Crippen molar-refractivity contribution in [1.29, 1.82) is 0 Å². The van der Waals surface area contributed by atoms with Crippen LogP contribution in [0.1, 0.15) is 47.1 Å². The second-order valence-electron chi connectivity index (χ2n) is 16.6. The third kappa shape index (κ3) is 7.30. The minimum atomic E-state index is -2.31. The lowest BCUT2D eigenvalue weighted by molar-refractivity contribution is 0.413. The number of methoxy groups -OCH3 is 1. The third-order valence-electron chi connectivity index (χ3n) is 11.4. The molecule has 0 saturated heterocycles. The summed E-state index contributed by atoms with van der Waals surface area (Å²) in [7, 11) is 1.70. The van der Waals surface area contributed by atoms with Crippen molar-refractivity contribution in [3.05, 3.63) is 192 Å². The summed E-state index contributed by atoms with van der Waals surface area (Å²) in [5.41, 5.74) is 16.6. The van der Waals surface area contributed by atoms with Crippen LogP contribution in [-0.4, -0.2) is 21.6 Å². The molecule has 7 aromatic carbocycles. The second kappa shape index (κ2) is 15.6. The monoisotopic (exact) mass is 782 g/mol. The van der Waals surface area contributed by atoms with Crippen LogP contribution in [0.2, 0.25) is 0 Å². The molecule has 2 aromatic heterocycles. The molecule has 2 heterocycles. The van der Waals surface area contributed by atoms with E-state index in [1.54, 1.807) is 13.2 Å². The fraction of sp³-hybridized carbons (Fsp3) is 0.143. The molecule has 0 N–H and O–H groups in total. The molecule has 0 saturated carbocycles. The highest BCUT2D eigenvalue weighted by Crippen LogP contribution is 2.43. The molecule has 0 amide bonds. The number of imidazole rings is 1. The van der Waals surface area contributed by atoms with Gasteiger partial charge in [-0.2, -0.15) is 0 Å². The van der Waals surface area contributed by atoms with Crippen LogP contribution in [0.5, 0.6) is 5.75 Å². The van der Waals surface area contributed by atoms with Gasteiger partial charge < -0.3 is 4.74 Å². The first kappa shape index (κ1) is 35.0. The van der Waals surface area contributed by atoms with E-state index >= 15 is 0 Å². The van der Waals surface area contributed by atoms with Crippen molar-refractivity contribution in [1.82, 2.24) is 14.5 Å². The predicted octanol–water partition coefficient (Wildman–Crippen LogP) is 14.7. The van der Waals surface area contributed by atoms with Gasteiger partial charge in [-0.15, -0.1) is 0 Å². The zero-order valence-corrected chi connectivity index (χ0v) is 34.9. The van der Waals surface area contributed by atoms with Crippen LogP contribution in [0.15, 0.2) is 170 Å². The van der Waals surface area contributed by atoms with Crippen molar-refractivity contribution in [3.63, 3.8) is 0 Å². The fourth-order valence-corrected chi connectivity index (χ4v) is 8.39. The number of hydrogen-bond donors (Lipinski definition) is 0. The molecule has 4 nitrogen and oxygen atoms in total. The Morgan fingerprint density at radius 2 is 1.23 bits per heavy atom. The molecule has 0 radical (unpaired) electrons. The Balaban J connectivity index is 1.33. The smallest absolute Gasteiger partial charge is 0.149 e. The van der Waals surface area contributed by atoms with Gasteiger partial charge in [-0.25, -0.2) is 4.98 Å². The maximum Gasteiger partial charge on any atom is 0.149 e. The summed E-state index contributed by atoms with van der Waals surface area (Å²) in [4.78, 5) is 10.5. The fourth-order valence-electron chi connectivity index (χ4n) is 8.39. The van der Waals surface area contributed by atoms with Gasteiger partial charge in [-0.05, 0) is 131 Å². The van der Waals surface area contributed by atoms with E-state index in [0.29, 0.717) is 5.82 Å². The molecule has 9 rings (SSSR count). The molecule has 294 valence electrons. The highest BCUT2D eigenvalue weighted by atomic mass is 16.5. The maximum absolute atomic E-state index is 8.43. The summed E-state index contributed by atoms with van der Waals surface area (Å²) in [6, 6.07) is 56.2. The van der Waals surface area contributed by atoms with E-state index in [0.717, 1.165) is 94.9 Å². The molecule has 0 aliphatic rings. The molecule has 0 atom stereocenters. The van der Waals surface area contributed by atoms with E-state index in [2.05, 4.69) is 173 Å². The summed E-state index contributed by atoms with van der Waals surface area (Å²) in [6.45, 7) is 8.41. The van der Waals surface area contributed by atoms with Crippen LogP contribution in [0.4, 0.5) is 0 Å². The van der Waals surface area contributed by atoms with Gasteiger partial charge in [0.05, 0.1) is 35.1 Å². The normalized spacial score (nSPS) is 12.5. The molecule has 9 aromatic rings. The highest BCUT2D eigenvalue weighted by molar-refractivity contribution is 5.98. The molecule has 0 fully saturated rings. The van der Waals surface area contributed by atoms with Gasteiger partial charge in [0, 0.05) is 27.0 Å². The Morgan fingerprint density at radius 1 is 0.550 bits per heavy atom. The summed E-state index contributed by atoms with van der Waals surface area (Å²) in [5.74, 6) is 1.42. The van der Waals surface area contributed by atoms with Crippen molar-refractivity contribution in [3.8, 4) is 78.6 Å². The predicted molar refractivity (Wildman–Crippen MR) is 251 cm³/mol. The van der Waals surface area contributed by atoms with Crippen LogP contribution in [0.25, 0.3) is 83.9 Å². The highest BCUT2D eigenvalue weighted by Gasteiger charge is 2.24. The van der Waals surface area contributed by atoms with E-state index in [1.807, 2.05) is 30.5 Å². The lowest BCUT2D eigenvalue weighted by Gasteiger charge is -2.21. The van der Waals surface area contributed by atoms with Crippen molar-refractivity contribution in [2.75, 3.05) is 7.11 Å². The van der Waals surface area contributed by atoms with E-state index in [9.17, 15) is 0 Å². The zero-order valence-electron chi connectivity index (χ0n) is 37.9. The van der Waals surface area contributed by atoms with Crippen LogP contribution in [0.3, 0.4) is 0 Å². The van der Waals surface area contributed by atoms with Gasteiger partial charge in [0.1, 0.15) is 11.6 Å². The summed E-state index contributed by atoms with van der Waals surface area (Å²) >= 11 is 0. The number of pyridine rings is 1. The molecular formula is C56H49N3O. The van der Waals surface area contributed by atoms with E-state index in [4.69, 9.17) is 18.8 Å². The molecule has 4 heteroatoms. The van der Waals surface area contributed by atoms with Crippen LogP contribution >= 0.6 is 0 Å². The number of fused-ring (bicyclic) bond motifs is 1. The molecule has 60 heavy (non-hydrogen) atoms.